The van der Waals surface area contributed by atoms with Gasteiger partial charge in [-0.1, -0.05) is 0 Å². The van der Waals surface area contributed by atoms with Crippen LogP contribution in [-0.2, 0) is 6.42 Å². The van der Waals surface area contributed by atoms with Gasteiger partial charge in [-0.15, -0.1) is 5.10 Å². The third-order valence-electron chi connectivity index (χ3n) is 2.68. The molecule has 2 rings (SSSR count). The van der Waals surface area contributed by atoms with E-state index in [0.717, 1.165) is 0 Å². The van der Waals surface area contributed by atoms with E-state index in [1.807, 2.05) is 0 Å². The highest BCUT2D eigenvalue weighted by Gasteiger charge is 2.14. The minimum atomic E-state index is -0.297. The highest BCUT2D eigenvalue weighted by Crippen LogP contribution is 2.19. The maximum atomic E-state index is 12.1. The van der Waals surface area contributed by atoms with E-state index in [-0.39, 0.29) is 17.7 Å². The number of pyridine rings is 1. The molecule has 2 heterocycles. The molecule has 9 nitrogen and oxygen atoms in total. The molecule has 0 saturated heterocycles. The Labute approximate surface area is 120 Å². The number of nitrogens with one attached hydrogen (secondary N) is 2. The van der Waals surface area contributed by atoms with Gasteiger partial charge in [0.25, 0.3) is 5.91 Å². The van der Waals surface area contributed by atoms with Crippen LogP contribution >= 0.6 is 0 Å². The highest BCUT2D eigenvalue weighted by molar-refractivity contribution is 5.96. The molecule has 2 aromatic heterocycles. The first-order chi connectivity index (χ1) is 10.1. The van der Waals surface area contributed by atoms with Gasteiger partial charge >= 0.3 is 0 Å². The number of ether oxygens (including phenoxy) is 2. The average molecular weight is 292 g/mol. The summed E-state index contributed by atoms with van der Waals surface area (Å²) in [5.74, 6) is 1.07. The predicted molar refractivity (Wildman–Crippen MR) is 74.2 cm³/mol. The molecule has 0 unspecified atom stereocenters. The average Bonchev–Trinajstić information content (AvgIpc) is 2.91. The lowest BCUT2D eigenvalue weighted by molar-refractivity contribution is 0.0950. The molecule has 9 heteroatoms. The Bertz CT molecular complexity index is 627. The fraction of sp³-hybridized carbons (Fsp3) is 0.333. The molecule has 0 spiro atoms. The normalized spacial score (nSPS) is 10.2. The summed E-state index contributed by atoms with van der Waals surface area (Å²) in [7, 11) is 2.93. The number of nitrogens with zero attached hydrogens (tertiary/aromatic N) is 3. The second-order valence-electron chi connectivity index (χ2n) is 4.06. The van der Waals surface area contributed by atoms with Gasteiger partial charge in [-0.25, -0.2) is 0 Å². The Hall–Kier alpha value is -2.84. The van der Waals surface area contributed by atoms with Gasteiger partial charge in [0.1, 0.15) is 11.4 Å². The summed E-state index contributed by atoms with van der Waals surface area (Å²) in [6.07, 6.45) is 0.488. The van der Waals surface area contributed by atoms with Crippen molar-refractivity contribution in [1.29, 1.82) is 0 Å². The lowest BCUT2D eigenvalue weighted by Gasteiger charge is -2.09. The van der Waals surface area contributed by atoms with Crippen LogP contribution in [0.2, 0.25) is 0 Å². The molecular weight excluding hydrogens is 276 g/mol. The standard InChI is InChI=1S/C12H16N6O3/c1-20-9-4-3-7(11(16-9)21-2)10(19)14-6-5-8-15-12(13)18-17-8/h3-4H,5-6H2,1-2H3,(H,14,19)(H3,13,15,17,18). The molecule has 0 saturated carbocycles. The quantitative estimate of drug-likeness (QED) is 0.671. The Morgan fingerprint density at radius 1 is 1.33 bits per heavy atom. The van der Waals surface area contributed by atoms with E-state index in [1.165, 1.54) is 14.2 Å². The molecule has 112 valence electrons. The highest BCUT2D eigenvalue weighted by atomic mass is 16.5. The summed E-state index contributed by atoms with van der Waals surface area (Å²) in [4.78, 5) is 20.1. The number of carbonyl (C=O) groups excluding carboxylic acids is 1. The van der Waals surface area contributed by atoms with Gasteiger partial charge in [0.2, 0.25) is 17.7 Å². The van der Waals surface area contributed by atoms with Crippen LogP contribution in [0.4, 0.5) is 5.95 Å². The van der Waals surface area contributed by atoms with Crippen molar-refractivity contribution in [1.82, 2.24) is 25.5 Å². The summed E-state index contributed by atoms with van der Waals surface area (Å²) in [5, 5.41) is 9.11. The first kappa shape index (κ1) is 14.6. The van der Waals surface area contributed by atoms with E-state index in [4.69, 9.17) is 15.2 Å². The van der Waals surface area contributed by atoms with Crippen LogP contribution in [-0.4, -0.2) is 46.8 Å². The monoisotopic (exact) mass is 292 g/mol. The van der Waals surface area contributed by atoms with Gasteiger partial charge in [-0.3, -0.25) is 9.89 Å². The maximum Gasteiger partial charge on any atom is 0.256 e. The number of amides is 1. The third-order valence-corrected chi connectivity index (χ3v) is 2.68. The number of nitrogen functional groups attached to an aromatic ring is 1. The number of anilines is 1. The van der Waals surface area contributed by atoms with Crippen LogP contribution in [0.1, 0.15) is 16.2 Å². The lowest BCUT2D eigenvalue weighted by Crippen LogP contribution is -2.26. The maximum absolute atomic E-state index is 12.1. The van der Waals surface area contributed by atoms with Gasteiger partial charge in [-0.05, 0) is 6.07 Å². The van der Waals surface area contributed by atoms with Crippen molar-refractivity contribution >= 4 is 11.9 Å². The van der Waals surface area contributed by atoms with Gasteiger partial charge in [0.15, 0.2) is 0 Å². The van der Waals surface area contributed by atoms with Gasteiger partial charge in [0, 0.05) is 19.0 Å². The minimum Gasteiger partial charge on any atom is -0.481 e. The zero-order chi connectivity index (χ0) is 15.2. The Balaban J connectivity index is 1.96. The molecule has 0 fully saturated rings. The van der Waals surface area contributed by atoms with Gasteiger partial charge < -0.3 is 20.5 Å². The van der Waals surface area contributed by atoms with Crippen LogP contribution in [0.5, 0.6) is 11.8 Å². The molecule has 1 amide bonds. The number of rotatable bonds is 6. The second-order valence-corrected chi connectivity index (χ2v) is 4.06. The summed E-state index contributed by atoms with van der Waals surface area (Å²) >= 11 is 0. The molecule has 4 N–H and O–H groups in total. The smallest absolute Gasteiger partial charge is 0.256 e. The Morgan fingerprint density at radius 2 is 2.14 bits per heavy atom. The lowest BCUT2D eigenvalue weighted by atomic mass is 10.2. The predicted octanol–water partition coefficient (Wildman–Crippen LogP) is -0.228. The Kier molecular flexibility index (Phi) is 4.54. The molecule has 2 aromatic rings. The van der Waals surface area contributed by atoms with E-state index < -0.39 is 0 Å². The van der Waals surface area contributed by atoms with Crippen LogP contribution in [0.3, 0.4) is 0 Å². The van der Waals surface area contributed by atoms with Crippen LogP contribution in [0.15, 0.2) is 12.1 Å². The van der Waals surface area contributed by atoms with Crippen molar-refractivity contribution < 1.29 is 14.3 Å². The van der Waals surface area contributed by atoms with Crippen LogP contribution < -0.4 is 20.5 Å². The van der Waals surface area contributed by atoms with Crippen molar-refractivity contribution in [3.63, 3.8) is 0 Å². The van der Waals surface area contributed by atoms with E-state index in [0.29, 0.717) is 30.2 Å². The van der Waals surface area contributed by atoms with Crippen molar-refractivity contribution in [2.75, 3.05) is 26.5 Å². The molecule has 0 atom stereocenters. The second kappa shape index (κ2) is 6.55. The summed E-state index contributed by atoms with van der Waals surface area (Å²) < 4.78 is 10.1. The molecular formula is C12H16N6O3. The van der Waals surface area contributed by atoms with Crippen LogP contribution in [0.25, 0.3) is 0 Å². The van der Waals surface area contributed by atoms with E-state index >= 15 is 0 Å². The number of H-pyrrole nitrogens is 1. The van der Waals surface area contributed by atoms with Gasteiger partial charge in [0.05, 0.1) is 14.2 Å². The number of hydrogen-bond donors (Lipinski definition) is 3. The number of aromatic nitrogens is 4. The molecule has 0 radical (unpaired) electrons. The third kappa shape index (κ3) is 3.59. The van der Waals surface area contributed by atoms with Gasteiger partial charge in [-0.2, -0.15) is 9.97 Å². The number of aromatic amines is 1. The molecule has 0 aliphatic heterocycles. The molecule has 21 heavy (non-hydrogen) atoms. The number of methoxy groups -OCH3 is 2. The molecule has 0 aliphatic carbocycles. The fourth-order valence-corrected chi connectivity index (χ4v) is 1.68. The van der Waals surface area contributed by atoms with Crippen molar-refractivity contribution in [2.45, 2.75) is 6.42 Å². The SMILES string of the molecule is COc1ccc(C(=O)NCCc2nc(N)n[nH]2)c(OC)n1. The van der Waals surface area contributed by atoms with Crippen molar-refractivity contribution in [2.24, 2.45) is 0 Å². The minimum absolute atomic E-state index is 0.178. The first-order valence-electron chi connectivity index (χ1n) is 6.18. The van der Waals surface area contributed by atoms with E-state index in [1.54, 1.807) is 12.1 Å². The summed E-state index contributed by atoms with van der Waals surface area (Å²) in [5.41, 5.74) is 5.72. The molecule has 0 aliphatic rings. The largest absolute Gasteiger partial charge is 0.481 e. The topological polar surface area (TPSA) is 128 Å². The number of nitrogens with two attached hydrogens (primary N) is 1. The van der Waals surface area contributed by atoms with Crippen molar-refractivity contribution in [3.05, 3.63) is 23.5 Å². The summed E-state index contributed by atoms with van der Waals surface area (Å²) in [6, 6.07) is 3.18. The Morgan fingerprint density at radius 3 is 2.76 bits per heavy atom. The molecule has 0 bridgehead atoms. The number of carbonyl (C=O) groups is 1. The zero-order valence-electron chi connectivity index (χ0n) is 11.7. The zero-order valence-corrected chi connectivity index (χ0v) is 11.7. The number of hydrogen-bond acceptors (Lipinski definition) is 7. The van der Waals surface area contributed by atoms with E-state index in [2.05, 4.69) is 25.5 Å². The van der Waals surface area contributed by atoms with Crippen molar-refractivity contribution in [3.8, 4) is 11.8 Å². The first-order valence-corrected chi connectivity index (χ1v) is 6.18. The fourth-order valence-electron chi connectivity index (χ4n) is 1.68. The molecule has 0 aromatic carbocycles. The van der Waals surface area contributed by atoms with E-state index in [9.17, 15) is 4.79 Å². The van der Waals surface area contributed by atoms with Crippen LogP contribution in [0, 0.1) is 0 Å². The summed E-state index contributed by atoms with van der Waals surface area (Å²) in [6.45, 7) is 0.378.